The lowest BCUT2D eigenvalue weighted by molar-refractivity contribution is -0.121. The zero-order valence-corrected chi connectivity index (χ0v) is 12.1. The highest BCUT2D eigenvalue weighted by Crippen LogP contribution is 2.18. The van der Waals surface area contributed by atoms with E-state index in [1.165, 1.54) is 5.56 Å². The molecule has 0 heterocycles. The van der Waals surface area contributed by atoms with Gasteiger partial charge in [-0.3, -0.25) is 4.79 Å². The van der Waals surface area contributed by atoms with Crippen LogP contribution >= 0.6 is 0 Å². The summed E-state index contributed by atoms with van der Waals surface area (Å²) in [6, 6.07) is 6.04. The fourth-order valence-electron chi connectivity index (χ4n) is 1.80. The number of aryl methyl sites for hydroxylation is 2. The number of carbonyl (C=O) groups excluding carboxylic acids is 1. The van der Waals surface area contributed by atoms with Crippen LogP contribution in [0.2, 0.25) is 0 Å². The van der Waals surface area contributed by atoms with Gasteiger partial charge in [0.15, 0.2) is 0 Å². The molecule has 1 aromatic rings. The van der Waals surface area contributed by atoms with Crippen molar-refractivity contribution in [2.45, 2.75) is 26.7 Å². The molecular weight excluding hydrogens is 240 g/mol. The molecule has 1 amide bonds. The molecule has 0 aliphatic carbocycles. The van der Waals surface area contributed by atoms with Gasteiger partial charge >= 0.3 is 0 Å². The second-order valence-corrected chi connectivity index (χ2v) is 4.67. The Labute approximate surface area is 115 Å². The van der Waals surface area contributed by atoms with Crippen LogP contribution in [0.4, 0.5) is 0 Å². The number of ether oxygens (including phenoxy) is 1. The van der Waals surface area contributed by atoms with Gasteiger partial charge in [-0.05, 0) is 45.5 Å². The molecule has 0 atom stereocenters. The summed E-state index contributed by atoms with van der Waals surface area (Å²) in [5.74, 6) is 0.898. The Hall–Kier alpha value is -1.55. The van der Waals surface area contributed by atoms with E-state index in [4.69, 9.17) is 4.74 Å². The lowest BCUT2D eigenvalue weighted by Crippen LogP contribution is -2.27. The van der Waals surface area contributed by atoms with Crippen molar-refractivity contribution in [1.29, 1.82) is 0 Å². The van der Waals surface area contributed by atoms with Crippen LogP contribution in [0.25, 0.3) is 0 Å². The molecule has 2 N–H and O–H groups in total. The van der Waals surface area contributed by atoms with Crippen LogP contribution < -0.4 is 15.4 Å². The van der Waals surface area contributed by atoms with Crippen molar-refractivity contribution in [3.05, 3.63) is 29.3 Å². The molecule has 4 heteroatoms. The molecule has 1 aromatic carbocycles. The Balaban J connectivity index is 2.20. The van der Waals surface area contributed by atoms with E-state index in [2.05, 4.69) is 23.6 Å². The summed E-state index contributed by atoms with van der Waals surface area (Å²) in [6.45, 7) is 6.11. The fraction of sp³-hybridized carbons (Fsp3) is 0.533. The summed E-state index contributed by atoms with van der Waals surface area (Å²) in [5.41, 5.74) is 2.32. The van der Waals surface area contributed by atoms with Gasteiger partial charge in [0.25, 0.3) is 0 Å². The molecule has 0 saturated carbocycles. The molecule has 106 valence electrons. The van der Waals surface area contributed by atoms with E-state index in [-0.39, 0.29) is 5.91 Å². The lowest BCUT2D eigenvalue weighted by Gasteiger charge is -2.10. The highest BCUT2D eigenvalue weighted by atomic mass is 16.5. The minimum atomic E-state index is 0.0425. The van der Waals surface area contributed by atoms with Crippen LogP contribution in [-0.2, 0) is 4.79 Å². The topological polar surface area (TPSA) is 50.4 Å². The molecule has 0 spiro atoms. The van der Waals surface area contributed by atoms with Crippen molar-refractivity contribution in [3.8, 4) is 5.75 Å². The van der Waals surface area contributed by atoms with E-state index < -0.39 is 0 Å². The number of hydrogen-bond donors (Lipinski definition) is 2. The van der Waals surface area contributed by atoms with E-state index in [0.29, 0.717) is 19.6 Å². The minimum Gasteiger partial charge on any atom is -0.493 e. The Morgan fingerprint density at radius 1 is 1.26 bits per heavy atom. The molecule has 0 saturated heterocycles. The molecule has 4 nitrogen and oxygen atoms in total. The first-order valence-electron chi connectivity index (χ1n) is 6.75. The number of benzene rings is 1. The highest BCUT2D eigenvalue weighted by molar-refractivity contribution is 5.75. The van der Waals surface area contributed by atoms with Crippen molar-refractivity contribution < 1.29 is 9.53 Å². The molecular formula is C15H24N2O2. The SMILES string of the molecule is CNCCCNC(=O)CCOc1ccc(C)cc1C. The zero-order chi connectivity index (χ0) is 14.1. The summed E-state index contributed by atoms with van der Waals surface area (Å²) >= 11 is 0. The molecule has 0 aromatic heterocycles. The van der Waals surface area contributed by atoms with Gasteiger partial charge in [-0.15, -0.1) is 0 Å². The summed E-state index contributed by atoms with van der Waals surface area (Å²) in [7, 11) is 1.90. The number of carbonyl (C=O) groups is 1. The highest BCUT2D eigenvalue weighted by Gasteiger charge is 2.03. The van der Waals surface area contributed by atoms with Gasteiger partial charge in [-0.25, -0.2) is 0 Å². The average Bonchev–Trinajstić information content (AvgIpc) is 2.37. The van der Waals surface area contributed by atoms with E-state index in [0.717, 1.165) is 24.3 Å². The molecule has 0 aliphatic heterocycles. The van der Waals surface area contributed by atoms with E-state index in [1.54, 1.807) is 0 Å². The van der Waals surface area contributed by atoms with E-state index in [9.17, 15) is 4.79 Å². The summed E-state index contributed by atoms with van der Waals surface area (Å²) in [5, 5.41) is 5.91. The number of nitrogens with one attached hydrogen (secondary N) is 2. The Morgan fingerprint density at radius 3 is 2.74 bits per heavy atom. The molecule has 0 radical (unpaired) electrons. The normalized spacial score (nSPS) is 10.3. The quantitative estimate of drug-likeness (QED) is 0.704. The molecule has 19 heavy (non-hydrogen) atoms. The Morgan fingerprint density at radius 2 is 2.05 bits per heavy atom. The average molecular weight is 264 g/mol. The van der Waals surface area contributed by atoms with Gasteiger partial charge in [0.05, 0.1) is 13.0 Å². The maximum atomic E-state index is 11.5. The Kier molecular flexibility index (Phi) is 6.97. The standard InChI is InChI=1S/C15H24N2O2/c1-12-5-6-14(13(2)11-12)19-10-7-15(18)17-9-4-8-16-3/h5-6,11,16H,4,7-10H2,1-3H3,(H,17,18). The van der Waals surface area contributed by atoms with Crippen molar-refractivity contribution in [2.75, 3.05) is 26.7 Å². The van der Waals surface area contributed by atoms with Gasteiger partial charge in [-0.1, -0.05) is 17.7 Å². The first-order valence-corrected chi connectivity index (χ1v) is 6.75. The van der Waals surface area contributed by atoms with E-state index >= 15 is 0 Å². The first kappa shape index (κ1) is 15.5. The number of amides is 1. The van der Waals surface area contributed by atoms with Crippen LogP contribution in [0.5, 0.6) is 5.75 Å². The number of hydrogen-bond acceptors (Lipinski definition) is 3. The summed E-state index contributed by atoms with van der Waals surface area (Å²) in [4.78, 5) is 11.5. The van der Waals surface area contributed by atoms with Crippen molar-refractivity contribution in [1.82, 2.24) is 10.6 Å². The molecule has 1 rings (SSSR count). The maximum absolute atomic E-state index is 11.5. The lowest BCUT2D eigenvalue weighted by atomic mass is 10.1. The van der Waals surface area contributed by atoms with Crippen LogP contribution in [0.15, 0.2) is 18.2 Å². The minimum absolute atomic E-state index is 0.0425. The van der Waals surface area contributed by atoms with Crippen LogP contribution in [-0.4, -0.2) is 32.7 Å². The molecule has 0 unspecified atom stereocenters. The monoisotopic (exact) mass is 264 g/mol. The molecule has 0 bridgehead atoms. The molecule has 0 fully saturated rings. The van der Waals surface area contributed by atoms with Crippen molar-refractivity contribution in [3.63, 3.8) is 0 Å². The maximum Gasteiger partial charge on any atom is 0.223 e. The second kappa shape index (κ2) is 8.53. The largest absolute Gasteiger partial charge is 0.493 e. The zero-order valence-electron chi connectivity index (χ0n) is 12.1. The third kappa shape index (κ3) is 6.25. The van der Waals surface area contributed by atoms with Gasteiger partial charge < -0.3 is 15.4 Å². The summed E-state index contributed by atoms with van der Waals surface area (Å²) in [6.07, 6.45) is 1.34. The van der Waals surface area contributed by atoms with Crippen LogP contribution in [0, 0.1) is 13.8 Å². The Bertz CT molecular complexity index is 405. The van der Waals surface area contributed by atoms with Gasteiger partial charge in [0.1, 0.15) is 5.75 Å². The predicted octanol–water partition coefficient (Wildman–Crippen LogP) is 1.80. The van der Waals surface area contributed by atoms with Gasteiger partial charge in [-0.2, -0.15) is 0 Å². The third-order valence-electron chi connectivity index (χ3n) is 2.84. The van der Waals surface area contributed by atoms with Gasteiger partial charge in [0, 0.05) is 6.54 Å². The van der Waals surface area contributed by atoms with Crippen molar-refractivity contribution in [2.24, 2.45) is 0 Å². The van der Waals surface area contributed by atoms with E-state index in [1.807, 2.05) is 26.1 Å². The third-order valence-corrected chi connectivity index (χ3v) is 2.84. The smallest absolute Gasteiger partial charge is 0.223 e. The van der Waals surface area contributed by atoms with Crippen molar-refractivity contribution >= 4 is 5.91 Å². The van der Waals surface area contributed by atoms with Crippen LogP contribution in [0.3, 0.4) is 0 Å². The predicted molar refractivity (Wildman–Crippen MR) is 77.6 cm³/mol. The van der Waals surface area contributed by atoms with Gasteiger partial charge in [0.2, 0.25) is 5.91 Å². The fourth-order valence-corrected chi connectivity index (χ4v) is 1.80. The first-order chi connectivity index (χ1) is 9.13. The molecule has 0 aliphatic rings. The second-order valence-electron chi connectivity index (χ2n) is 4.67. The summed E-state index contributed by atoms with van der Waals surface area (Å²) < 4.78 is 5.62. The van der Waals surface area contributed by atoms with Crippen LogP contribution in [0.1, 0.15) is 24.0 Å². The number of rotatable bonds is 8.